The van der Waals surface area contributed by atoms with Crippen LogP contribution in [0.4, 0.5) is 10.6 Å². The number of hydrogen-bond acceptors (Lipinski definition) is 35. The number of primary amides is 3. The number of nitrogens with one attached hydrogen (secondary N) is 7. The van der Waals surface area contributed by atoms with Crippen molar-refractivity contribution in [2.75, 3.05) is 56.8 Å². The number of anilines is 1. The molecule has 2 saturated heterocycles. The summed E-state index contributed by atoms with van der Waals surface area (Å²) in [6.45, 7) is 3.18. The lowest BCUT2D eigenvalue weighted by molar-refractivity contribution is -0.372. The van der Waals surface area contributed by atoms with Crippen LogP contribution in [0.5, 0.6) is 0 Å². The lowest BCUT2D eigenvalue weighted by Gasteiger charge is -2.47. The smallest absolute Gasteiger partial charge is 0.759 e. The first-order valence-corrected chi connectivity index (χ1v) is 35.8. The number of H-pyrrole nitrogens is 1. The number of nitrogen functional groups attached to an aromatic ring is 1. The van der Waals surface area contributed by atoms with Gasteiger partial charge in [-0.15, -0.1) is 22.7 Å². The number of nitrogens with zero attached hydrogens (tertiary/aromatic N) is 5. The maximum Gasteiger partial charge on any atom is 1.00 e. The maximum atomic E-state index is 15.2. The molecule has 2 aliphatic heterocycles. The summed E-state index contributed by atoms with van der Waals surface area (Å²) in [5.74, 6) is -7.69. The van der Waals surface area contributed by atoms with Crippen LogP contribution < -0.4 is 60.6 Å². The van der Waals surface area contributed by atoms with Crippen molar-refractivity contribution < 1.29 is 122 Å². The summed E-state index contributed by atoms with van der Waals surface area (Å²) in [6.07, 6.45) is -20.0. The van der Waals surface area contributed by atoms with E-state index in [1.54, 1.807) is 10.8 Å². The first-order chi connectivity index (χ1) is 47.3. The molecule has 2 aliphatic rings. The van der Waals surface area contributed by atoms with Gasteiger partial charge in [-0.1, -0.05) is 6.92 Å². The number of thiazole rings is 2. The number of carbonyl (C=O) groups excluding carboxylic acids is 8. The number of imidazole rings is 1. The van der Waals surface area contributed by atoms with Crippen molar-refractivity contribution in [1.82, 2.24) is 61.8 Å². The lowest BCUT2D eigenvalue weighted by Crippen LogP contribution is -2.65. The Morgan fingerprint density at radius 1 is 0.802 bits per heavy atom. The van der Waals surface area contributed by atoms with E-state index in [4.69, 9.17) is 69.9 Å². The number of carbonyl (C=O) groups is 8. The second-order valence-electron chi connectivity index (χ2n) is 23.2. The Balaban J connectivity index is 0.00000354. The molecule has 6 heterocycles. The molecule has 0 aromatic carbocycles. The van der Waals surface area contributed by atoms with Gasteiger partial charge in [0.05, 0.1) is 85.2 Å². The van der Waals surface area contributed by atoms with Gasteiger partial charge < -0.3 is 139 Å². The quantitative estimate of drug-likeness (QED) is 0.00880. The van der Waals surface area contributed by atoms with E-state index in [2.05, 4.69) is 74.3 Å². The summed E-state index contributed by atoms with van der Waals surface area (Å²) >= 11 is 2.52. The molecule has 19 atom stereocenters. The molecule has 564 valence electrons. The minimum Gasteiger partial charge on any atom is -0.759 e. The van der Waals surface area contributed by atoms with Crippen molar-refractivity contribution in [3.8, 4) is 10.7 Å². The average molecular weight is 1510 g/mol. The van der Waals surface area contributed by atoms with E-state index in [0.29, 0.717) is 22.3 Å². The number of hydrogen-bond donors (Lipinski definition) is 20. The van der Waals surface area contributed by atoms with Crippen molar-refractivity contribution in [3.05, 3.63) is 56.8 Å². The Morgan fingerprint density at radius 2 is 1.46 bits per heavy atom. The van der Waals surface area contributed by atoms with Crippen LogP contribution in [0.2, 0.25) is 0 Å². The molecule has 6 rings (SSSR count). The minimum absolute atomic E-state index is 0. The zero-order valence-corrected chi connectivity index (χ0v) is 58.2. The first kappa shape index (κ1) is 84.2. The fourth-order valence-corrected chi connectivity index (χ4v) is 12.1. The molecule has 0 saturated carbocycles. The first-order valence-electron chi connectivity index (χ1n) is 30.5. The number of nitrogens with two attached hydrogens (primary N) is 5. The molecular formula is C55H85N17O25S4. The van der Waals surface area contributed by atoms with Gasteiger partial charge in [0.1, 0.15) is 100 Å². The van der Waals surface area contributed by atoms with Gasteiger partial charge in [0, 0.05) is 65.6 Å². The molecule has 25 N–H and O–H groups in total. The van der Waals surface area contributed by atoms with E-state index in [1.165, 1.54) is 50.4 Å². The fourth-order valence-electron chi connectivity index (χ4n) is 9.80. The minimum atomic E-state index is -5.17. The highest BCUT2D eigenvalue weighted by molar-refractivity contribution is 7.95. The normalized spacial score (nSPS) is 23.4. The number of rotatable bonds is 35. The topological polar surface area (TPSA) is 707 Å². The molecule has 0 spiro atoms. The zero-order chi connectivity index (χ0) is 75.5. The summed E-state index contributed by atoms with van der Waals surface area (Å²) in [5.41, 5.74) is 28.1. The van der Waals surface area contributed by atoms with Crippen LogP contribution in [0.3, 0.4) is 0 Å². The molecule has 46 heteroatoms. The second kappa shape index (κ2) is 38.7. The zero-order valence-electron chi connectivity index (χ0n) is 55.9. The third-order valence-corrected chi connectivity index (χ3v) is 18.2. The van der Waals surface area contributed by atoms with E-state index in [1.807, 2.05) is 0 Å². The Hall–Kier alpha value is -7.43. The Kier molecular flexibility index (Phi) is 32.3. The van der Waals surface area contributed by atoms with Gasteiger partial charge in [-0.3, -0.25) is 42.0 Å². The molecule has 8 amide bonds. The summed E-state index contributed by atoms with van der Waals surface area (Å²) in [6, 6.07) is -7.85. The standard InChI is InChI=1S/C55H83N17O21S3.H2O4S/c1-20-33(69-46(72-44(20)58)25(12-31(57)76)64-13-24(56)45(59)82)50(86)71-35(41(26-14-61-19-65-26)91-54-43(39(80)37(78)29(15-73)90-54)92-53-40(81)42(93-55(60)88)38(79)30(16-74)89-53)51(87)66-22(3)36(77)21(2)47(83)70-34(23(4)75)49(85)63-10-8-32-67-28(18-94-32)52-68-27(17-95-52)48(84)62-9-7-11-96(5)6;1-5(2,3)4/h14,17-19,21-25,29-30,34-43,53-54,64,73-75,77-81H,7-13,15-16,56H2,1-6H3,(H13-,57,58,59,60,61,62,63,65,66,69,70,71,72,76,82,83,84,85,86,87,88);(H2,1,2,3,4)/t21?,22?,23?,24?,25?,29-,30+,34?,35?,36?,37+,38+,39-,40-,41?,42-,43-,53+,54-;/m0./s1. The highest BCUT2D eigenvalue weighted by atomic mass is 32.3. The largest absolute Gasteiger partial charge is 1.00 e. The molecular weight excluding hydrogens is 1430 g/mol. The molecule has 0 radical (unpaired) electrons. The number of aliphatic hydroxyl groups excluding tert-OH is 8. The van der Waals surface area contributed by atoms with Gasteiger partial charge in [-0.25, -0.2) is 29.7 Å². The molecule has 101 heavy (non-hydrogen) atoms. The predicted octanol–water partition coefficient (Wildman–Crippen LogP) is -8.93. The Labute approximate surface area is 588 Å². The molecule has 4 aromatic heterocycles. The van der Waals surface area contributed by atoms with E-state index < -0.39 is 193 Å². The van der Waals surface area contributed by atoms with Gasteiger partial charge >= 0.3 is 7.52 Å². The van der Waals surface area contributed by atoms with E-state index in [0.717, 1.165) is 24.7 Å². The van der Waals surface area contributed by atoms with Crippen LogP contribution >= 0.6 is 22.7 Å². The van der Waals surface area contributed by atoms with Gasteiger partial charge in [0.15, 0.2) is 18.7 Å². The molecule has 2 fully saturated rings. The van der Waals surface area contributed by atoms with Crippen LogP contribution in [-0.4, -0.2) is 285 Å². The van der Waals surface area contributed by atoms with Crippen LogP contribution in [0.15, 0.2) is 23.3 Å². The molecule has 0 aliphatic carbocycles. The number of aromatic nitrogens is 6. The number of aliphatic hydroxyl groups is 8. The SMILES string of the molecule is Cc1c(N)nc(C(CC(N)=O)NCC(N)C(N)=O)nc1C(=O)NC(C(=O)NC(C)C(O)C(C)C(=O)NC(C(=O)NCCc1nc(-c2nc(C(=O)NCCC[S+](C)C)cs2)cs1)C(C)O)C(O[C@@H]1O[C@@H](CO)[C@@H](O)[C@H](O)[C@@H]1O[C@H]1O[C@H](CO)[C@@H](O)[C@H](OC(N)=O)[C@@H]1O)c1cnc[nH]1.O=S(=O)([O-])[O-].[H+]. The fraction of sp³-hybridized carbons (Fsp3) is 0.618. The van der Waals surface area contributed by atoms with Crippen LogP contribution in [0, 0.1) is 12.8 Å². The van der Waals surface area contributed by atoms with Gasteiger partial charge in [-0.05, 0) is 31.7 Å². The molecule has 4 aromatic rings. The molecule has 0 bridgehead atoms. The summed E-state index contributed by atoms with van der Waals surface area (Å²) in [7, 11) is -4.91. The van der Waals surface area contributed by atoms with Crippen LogP contribution in [-0.2, 0) is 75.4 Å². The Bertz CT molecular complexity index is 3540. The monoisotopic (exact) mass is 1510 g/mol. The summed E-state index contributed by atoms with van der Waals surface area (Å²) in [5, 5.41) is 108. The van der Waals surface area contributed by atoms with Crippen molar-refractivity contribution in [3.63, 3.8) is 0 Å². The third-order valence-electron chi connectivity index (χ3n) is 15.3. The van der Waals surface area contributed by atoms with Gasteiger partial charge in [0.2, 0.25) is 29.5 Å². The highest BCUT2D eigenvalue weighted by Crippen LogP contribution is 2.35. The highest BCUT2D eigenvalue weighted by Gasteiger charge is 2.54. The summed E-state index contributed by atoms with van der Waals surface area (Å²) < 4.78 is 62.8. The Morgan fingerprint density at radius 3 is 2.05 bits per heavy atom. The van der Waals surface area contributed by atoms with Crippen molar-refractivity contribution in [2.24, 2.45) is 28.9 Å². The summed E-state index contributed by atoms with van der Waals surface area (Å²) in [4.78, 5) is 131. The van der Waals surface area contributed by atoms with Gasteiger partial charge in [-0.2, -0.15) is 0 Å². The lowest BCUT2D eigenvalue weighted by atomic mass is 9.96. The van der Waals surface area contributed by atoms with Crippen LogP contribution in [0.1, 0.15) is 90.3 Å². The van der Waals surface area contributed by atoms with Crippen molar-refractivity contribution in [2.45, 2.75) is 157 Å². The van der Waals surface area contributed by atoms with Crippen molar-refractivity contribution in [1.29, 1.82) is 0 Å². The maximum absolute atomic E-state index is 15.2. The third kappa shape index (κ3) is 24.6. The van der Waals surface area contributed by atoms with Crippen LogP contribution in [0.25, 0.3) is 10.7 Å². The number of amides is 8. The number of ether oxygens (including phenoxy) is 5. The van der Waals surface area contributed by atoms with Gasteiger partial charge in [0.25, 0.3) is 11.8 Å². The number of aromatic amines is 1. The molecule has 42 nitrogen and oxygen atoms in total. The molecule has 9 unspecified atom stereocenters. The van der Waals surface area contributed by atoms with E-state index in [-0.39, 0.29) is 66.3 Å². The van der Waals surface area contributed by atoms with E-state index >= 15 is 4.79 Å². The average Bonchev–Trinajstić information content (AvgIpc) is 0.882. The second-order valence-corrected chi connectivity index (χ2v) is 28.2. The predicted molar refractivity (Wildman–Crippen MR) is 350 cm³/mol. The van der Waals surface area contributed by atoms with E-state index in [9.17, 15) is 74.4 Å². The van der Waals surface area contributed by atoms with Crippen molar-refractivity contribution >= 4 is 97.2 Å².